The first-order chi connectivity index (χ1) is 14.6. The Morgan fingerprint density at radius 2 is 1.33 bits per heavy atom. The molecule has 6 heteroatoms. The summed E-state index contributed by atoms with van der Waals surface area (Å²) in [6.45, 7) is 2.60. The van der Waals surface area contributed by atoms with Crippen LogP contribution in [0.25, 0.3) is 0 Å². The number of unbranched alkanes of at least 4 members (excludes halogenated alkanes) is 14. The normalized spacial score (nSPS) is 10.8. The first-order valence-corrected chi connectivity index (χ1v) is 11.8. The number of hydrogen-bond donors (Lipinski definition) is 1. The number of nitro groups is 1. The second-order valence-electron chi connectivity index (χ2n) is 8.12. The highest BCUT2D eigenvalue weighted by molar-refractivity contribution is 5.91. The number of carbonyl (C=O) groups is 1. The second-order valence-corrected chi connectivity index (χ2v) is 8.12. The quantitative estimate of drug-likeness (QED) is 0.0890. The van der Waals surface area contributed by atoms with E-state index < -0.39 is 10.9 Å². The summed E-state index contributed by atoms with van der Waals surface area (Å²) in [4.78, 5) is 22.3. The molecule has 0 bridgehead atoms. The number of anilines is 1. The molecule has 0 atom stereocenters. The van der Waals surface area contributed by atoms with Gasteiger partial charge in [0.2, 0.25) is 0 Å². The number of nitrogens with two attached hydrogens (primary N) is 1. The molecule has 0 radical (unpaired) electrons. The molecule has 0 saturated heterocycles. The zero-order valence-electron chi connectivity index (χ0n) is 18.7. The van der Waals surface area contributed by atoms with Crippen LogP contribution in [0, 0.1) is 10.1 Å². The Kier molecular flexibility index (Phi) is 14.4. The first-order valence-electron chi connectivity index (χ1n) is 11.8. The Balaban J connectivity index is 1.95. The zero-order chi connectivity index (χ0) is 22.0. The van der Waals surface area contributed by atoms with Crippen LogP contribution in [0.2, 0.25) is 0 Å². The average molecular weight is 421 g/mol. The van der Waals surface area contributed by atoms with Gasteiger partial charge in [0.1, 0.15) is 5.69 Å². The monoisotopic (exact) mass is 420 g/mol. The fourth-order valence-electron chi connectivity index (χ4n) is 3.55. The molecule has 0 aliphatic rings. The SMILES string of the molecule is CCCCCCCCCCCCCCCCCOC(=O)c1ccc(N)c([N+](=O)[O-])c1. The Hall–Kier alpha value is -2.11. The van der Waals surface area contributed by atoms with E-state index in [4.69, 9.17) is 10.5 Å². The molecule has 30 heavy (non-hydrogen) atoms. The Morgan fingerprint density at radius 1 is 0.867 bits per heavy atom. The molecule has 1 rings (SSSR count). The molecule has 0 fully saturated rings. The predicted octanol–water partition coefficient (Wildman–Crippen LogP) is 7.21. The van der Waals surface area contributed by atoms with Crippen molar-refractivity contribution in [2.45, 2.75) is 103 Å². The van der Waals surface area contributed by atoms with Gasteiger partial charge in [0.15, 0.2) is 0 Å². The van der Waals surface area contributed by atoms with E-state index in [1.54, 1.807) is 0 Å². The maximum absolute atomic E-state index is 12.0. The molecule has 170 valence electrons. The number of benzene rings is 1. The number of carbonyl (C=O) groups excluding carboxylic acids is 1. The molecule has 0 aliphatic carbocycles. The lowest BCUT2D eigenvalue weighted by atomic mass is 10.0. The number of nitro benzene ring substituents is 1. The summed E-state index contributed by atoms with van der Waals surface area (Å²) in [6, 6.07) is 3.99. The number of nitrogens with zero attached hydrogens (tertiary/aromatic N) is 1. The molecular weight excluding hydrogens is 380 g/mol. The minimum Gasteiger partial charge on any atom is -0.462 e. The largest absolute Gasteiger partial charge is 0.462 e. The molecule has 0 aliphatic heterocycles. The summed E-state index contributed by atoms with van der Waals surface area (Å²) in [7, 11) is 0. The Bertz CT molecular complexity index is 619. The van der Waals surface area contributed by atoms with Crippen molar-refractivity contribution in [3.05, 3.63) is 33.9 Å². The van der Waals surface area contributed by atoms with E-state index in [1.807, 2.05) is 0 Å². The molecule has 0 amide bonds. The second kappa shape index (κ2) is 16.7. The summed E-state index contributed by atoms with van der Waals surface area (Å²) in [5.74, 6) is -0.538. The fraction of sp³-hybridized carbons (Fsp3) is 0.708. The van der Waals surface area contributed by atoms with Gasteiger partial charge < -0.3 is 10.5 Å². The molecular formula is C24H40N2O4. The highest BCUT2D eigenvalue weighted by Gasteiger charge is 2.16. The van der Waals surface area contributed by atoms with Crippen LogP contribution in [0.15, 0.2) is 18.2 Å². The van der Waals surface area contributed by atoms with Crippen molar-refractivity contribution < 1.29 is 14.5 Å². The fourth-order valence-corrected chi connectivity index (χ4v) is 3.55. The molecule has 1 aromatic carbocycles. The first kappa shape index (κ1) is 25.9. The van der Waals surface area contributed by atoms with Crippen LogP contribution < -0.4 is 5.73 Å². The van der Waals surface area contributed by atoms with Crippen LogP contribution in [0.3, 0.4) is 0 Å². The summed E-state index contributed by atoms with van der Waals surface area (Å²) < 4.78 is 5.21. The summed E-state index contributed by atoms with van der Waals surface area (Å²) in [5.41, 5.74) is 5.47. The molecule has 0 unspecified atom stereocenters. The van der Waals surface area contributed by atoms with Crippen LogP contribution >= 0.6 is 0 Å². The Morgan fingerprint density at radius 3 is 1.80 bits per heavy atom. The van der Waals surface area contributed by atoms with Gasteiger partial charge in [-0.1, -0.05) is 96.8 Å². The van der Waals surface area contributed by atoms with E-state index in [-0.39, 0.29) is 16.9 Å². The van der Waals surface area contributed by atoms with Crippen LogP contribution in [-0.2, 0) is 4.74 Å². The molecule has 6 nitrogen and oxygen atoms in total. The van der Waals surface area contributed by atoms with E-state index in [1.165, 1.54) is 95.2 Å². The van der Waals surface area contributed by atoms with E-state index in [2.05, 4.69) is 6.92 Å². The third kappa shape index (κ3) is 11.8. The molecule has 1 aromatic rings. The smallest absolute Gasteiger partial charge is 0.338 e. The van der Waals surface area contributed by atoms with Gasteiger partial charge in [-0.3, -0.25) is 10.1 Å². The summed E-state index contributed by atoms with van der Waals surface area (Å²) in [5, 5.41) is 10.9. The third-order valence-electron chi connectivity index (χ3n) is 5.44. The maximum Gasteiger partial charge on any atom is 0.338 e. The van der Waals surface area contributed by atoms with E-state index in [0.717, 1.165) is 19.3 Å². The molecule has 0 spiro atoms. The number of esters is 1. The van der Waals surface area contributed by atoms with Crippen molar-refractivity contribution in [3.8, 4) is 0 Å². The predicted molar refractivity (Wildman–Crippen MR) is 123 cm³/mol. The van der Waals surface area contributed by atoms with Gasteiger partial charge in [-0.05, 0) is 18.6 Å². The van der Waals surface area contributed by atoms with Crippen molar-refractivity contribution in [2.24, 2.45) is 0 Å². The lowest BCUT2D eigenvalue weighted by Gasteiger charge is -2.06. The van der Waals surface area contributed by atoms with Crippen molar-refractivity contribution in [1.29, 1.82) is 0 Å². The standard InChI is InChI=1S/C24H40N2O4/c1-2-3-4-5-6-7-8-9-10-11-12-13-14-15-16-19-30-24(27)21-17-18-22(25)23(20-21)26(28)29/h17-18,20H,2-16,19,25H2,1H3. The third-order valence-corrected chi connectivity index (χ3v) is 5.44. The lowest BCUT2D eigenvalue weighted by Crippen LogP contribution is -2.07. The lowest BCUT2D eigenvalue weighted by molar-refractivity contribution is -0.383. The van der Waals surface area contributed by atoms with Crippen LogP contribution in [0.4, 0.5) is 11.4 Å². The van der Waals surface area contributed by atoms with E-state index >= 15 is 0 Å². The minimum atomic E-state index is -0.596. The highest BCUT2D eigenvalue weighted by atomic mass is 16.6. The van der Waals surface area contributed by atoms with Crippen LogP contribution in [-0.4, -0.2) is 17.5 Å². The molecule has 0 heterocycles. The van der Waals surface area contributed by atoms with Gasteiger partial charge in [0.05, 0.1) is 17.1 Å². The van der Waals surface area contributed by atoms with Gasteiger partial charge in [-0.2, -0.15) is 0 Å². The van der Waals surface area contributed by atoms with E-state index in [0.29, 0.717) is 6.61 Å². The van der Waals surface area contributed by atoms with Crippen molar-refractivity contribution in [2.75, 3.05) is 12.3 Å². The summed E-state index contributed by atoms with van der Waals surface area (Å²) >= 11 is 0. The topological polar surface area (TPSA) is 95.5 Å². The van der Waals surface area contributed by atoms with E-state index in [9.17, 15) is 14.9 Å². The van der Waals surface area contributed by atoms with Gasteiger partial charge in [-0.15, -0.1) is 0 Å². The van der Waals surface area contributed by atoms with Gasteiger partial charge in [0, 0.05) is 6.07 Å². The summed E-state index contributed by atoms with van der Waals surface area (Å²) in [6.07, 6.45) is 19.3. The number of rotatable bonds is 18. The number of nitrogen functional groups attached to an aromatic ring is 1. The molecule has 0 aromatic heterocycles. The van der Waals surface area contributed by atoms with Crippen LogP contribution in [0.1, 0.15) is 114 Å². The molecule has 0 saturated carbocycles. The zero-order valence-corrected chi connectivity index (χ0v) is 18.7. The maximum atomic E-state index is 12.0. The van der Waals surface area contributed by atoms with Gasteiger partial charge >= 0.3 is 5.97 Å². The minimum absolute atomic E-state index is 0.0407. The Labute approximate surface area is 181 Å². The highest BCUT2D eigenvalue weighted by Crippen LogP contribution is 2.22. The van der Waals surface area contributed by atoms with Gasteiger partial charge in [-0.25, -0.2) is 4.79 Å². The van der Waals surface area contributed by atoms with Crippen molar-refractivity contribution in [3.63, 3.8) is 0 Å². The van der Waals surface area contributed by atoms with Gasteiger partial charge in [0.25, 0.3) is 5.69 Å². The van der Waals surface area contributed by atoms with Crippen molar-refractivity contribution >= 4 is 17.3 Å². The number of hydrogen-bond acceptors (Lipinski definition) is 5. The average Bonchev–Trinajstić information content (AvgIpc) is 2.73. The van der Waals surface area contributed by atoms with Crippen molar-refractivity contribution in [1.82, 2.24) is 0 Å². The van der Waals surface area contributed by atoms with Crippen LogP contribution in [0.5, 0.6) is 0 Å². The number of ether oxygens (including phenoxy) is 1. The molecule has 2 N–H and O–H groups in total.